The van der Waals surface area contributed by atoms with Gasteiger partial charge in [0, 0.05) is 6.54 Å². The van der Waals surface area contributed by atoms with Gasteiger partial charge in [-0.15, -0.1) is 24.0 Å². The monoisotopic (exact) mass is 395 g/mol. The minimum Gasteiger partial charge on any atom is -0.370 e. The van der Waals surface area contributed by atoms with Gasteiger partial charge in [0.1, 0.15) is 6.54 Å². The number of nitrogens with two attached hydrogens (primary N) is 1. The van der Waals surface area contributed by atoms with Crippen LogP contribution in [0.2, 0.25) is 0 Å². The Morgan fingerprint density at radius 2 is 1.95 bits per heavy atom. The molecular weight excluding hydrogens is 369 g/mol. The van der Waals surface area contributed by atoms with Crippen LogP contribution in [0.5, 0.6) is 0 Å². The van der Waals surface area contributed by atoms with Crippen LogP contribution in [0.25, 0.3) is 0 Å². The first-order chi connectivity index (χ1) is 9.22. The predicted molar refractivity (Wildman–Crippen MR) is 91.2 cm³/mol. The van der Waals surface area contributed by atoms with Crippen molar-refractivity contribution in [2.45, 2.75) is 58.9 Å². The molecule has 7 heteroatoms. The molecule has 0 saturated carbocycles. The van der Waals surface area contributed by atoms with Crippen LogP contribution in [0.1, 0.15) is 57.2 Å². The summed E-state index contributed by atoms with van der Waals surface area (Å²) in [5.74, 6) is 1.54. The first-order valence-electron chi connectivity index (χ1n) is 7.05. The van der Waals surface area contributed by atoms with Crippen molar-refractivity contribution >= 4 is 29.9 Å². The lowest BCUT2D eigenvalue weighted by Crippen LogP contribution is -2.32. The lowest BCUT2D eigenvalue weighted by molar-refractivity contribution is 0.376. The number of hydrogen-bond donors (Lipinski definition) is 2. The molecular formula is C13H26IN5O. The number of aliphatic imine (C=N–C) groups is 1. The van der Waals surface area contributed by atoms with Gasteiger partial charge >= 0.3 is 0 Å². The van der Waals surface area contributed by atoms with Gasteiger partial charge < -0.3 is 15.6 Å². The van der Waals surface area contributed by atoms with Crippen molar-refractivity contribution in [1.82, 2.24) is 15.5 Å². The molecule has 116 valence electrons. The summed E-state index contributed by atoms with van der Waals surface area (Å²) in [7, 11) is 0. The summed E-state index contributed by atoms with van der Waals surface area (Å²) in [6.45, 7) is 5.20. The molecule has 0 aliphatic carbocycles. The van der Waals surface area contributed by atoms with E-state index >= 15 is 0 Å². The first kappa shape index (κ1) is 19.1. The van der Waals surface area contributed by atoms with Crippen LogP contribution >= 0.6 is 24.0 Å². The molecule has 20 heavy (non-hydrogen) atoms. The Morgan fingerprint density at radius 1 is 1.25 bits per heavy atom. The highest BCUT2D eigenvalue weighted by Gasteiger charge is 2.01. The molecule has 0 spiro atoms. The Hall–Kier alpha value is -0.860. The van der Waals surface area contributed by atoms with Crippen LogP contribution in [0.4, 0.5) is 0 Å². The lowest BCUT2D eigenvalue weighted by atomic mass is 10.1. The Bertz CT molecular complexity index is 381. The van der Waals surface area contributed by atoms with E-state index in [4.69, 9.17) is 10.3 Å². The first-order valence-corrected chi connectivity index (χ1v) is 7.05. The Morgan fingerprint density at radius 3 is 2.60 bits per heavy atom. The van der Waals surface area contributed by atoms with E-state index in [0.29, 0.717) is 24.2 Å². The van der Waals surface area contributed by atoms with Crippen molar-refractivity contribution in [3.05, 3.63) is 11.7 Å². The number of nitrogens with one attached hydrogen (secondary N) is 1. The fourth-order valence-corrected chi connectivity index (χ4v) is 1.73. The fraction of sp³-hybridized carbons (Fsp3) is 0.769. The van der Waals surface area contributed by atoms with E-state index in [1.165, 1.54) is 32.1 Å². The lowest BCUT2D eigenvalue weighted by Gasteiger charge is -2.04. The van der Waals surface area contributed by atoms with E-state index in [1.807, 2.05) is 0 Å². The maximum Gasteiger partial charge on any atom is 0.248 e. The fourth-order valence-electron chi connectivity index (χ4n) is 1.73. The molecule has 0 unspecified atom stereocenters. The molecule has 0 fully saturated rings. The van der Waals surface area contributed by atoms with Crippen molar-refractivity contribution in [3.63, 3.8) is 0 Å². The average Bonchev–Trinajstić information content (AvgIpc) is 2.81. The second-order valence-corrected chi connectivity index (χ2v) is 4.63. The molecule has 1 aromatic rings. The predicted octanol–water partition coefficient (Wildman–Crippen LogP) is 2.76. The summed E-state index contributed by atoms with van der Waals surface area (Å²) >= 11 is 0. The molecule has 0 amide bonds. The van der Waals surface area contributed by atoms with E-state index in [2.05, 4.69) is 27.4 Å². The minimum absolute atomic E-state index is 0. The van der Waals surface area contributed by atoms with Gasteiger partial charge in [0.2, 0.25) is 5.89 Å². The zero-order valence-corrected chi connectivity index (χ0v) is 14.7. The Labute approximate surface area is 138 Å². The van der Waals surface area contributed by atoms with Gasteiger partial charge in [-0.25, -0.2) is 4.99 Å². The topological polar surface area (TPSA) is 89.3 Å². The molecule has 0 bridgehead atoms. The van der Waals surface area contributed by atoms with Crippen LogP contribution in [-0.2, 0) is 6.54 Å². The number of nitrogens with zero attached hydrogens (tertiary/aromatic N) is 3. The maximum atomic E-state index is 5.74. The summed E-state index contributed by atoms with van der Waals surface area (Å²) in [6, 6.07) is 0. The van der Waals surface area contributed by atoms with Crippen LogP contribution in [-0.4, -0.2) is 22.6 Å². The van der Waals surface area contributed by atoms with Crippen molar-refractivity contribution < 1.29 is 4.52 Å². The molecule has 0 aliphatic rings. The summed E-state index contributed by atoms with van der Waals surface area (Å²) < 4.78 is 4.94. The number of hydrogen-bond acceptors (Lipinski definition) is 4. The Balaban J connectivity index is 0.00000361. The number of guanidine groups is 1. The maximum absolute atomic E-state index is 5.74. The van der Waals surface area contributed by atoms with E-state index in [1.54, 1.807) is 6.92 Å². The highest BCUT2D eigenvalue weighted by molar-refractivity contribution is 14.0. The van der Waals surface area contributed by atoms with Crippen LogP contribution < -0.4 is 11.1 Å². The summed E-state index contributed by atoms with van der Waals surface area (Å²) in [4.78, 5) is 8.19. The second-order valence-electron chi connectivity index (χ2n) is 4.63. The van der Waals surface area contributed by atoms with E-state index in [9.17, 15) is 0 Å². The minimum atomic E-state index is 0. The largest absolute Gasteiger partial charge is 0.370 e. The van der Waals surface area contributed by atoms with Gasteiger partial charge in [0.15, 0.2) is 11.8 Å². The molecule has 1 aromatic heterocycles. The van der Waals surface area contributed by atoms with Gasteiger partial charge in [0.25, 0.3) is 0 Å². The smallest absolute Gasteiger partial charge is 0.248 e. The van der Waals surface area contributed by atoms with Crippen molar-refractivity contribution in [2.24, 2.45) is 10.7 Å². The normalized spacial score (nSPS) is 11.2. The number of aryl methyl sites for hydroxylation is 1. The molecule has 0 saturated heterocycles. The number of halogens is 1. The van der Waals surface area contributed by atoms with Crippen LogP contribution in [0.3, 0.4) is 0 Å². The van der Waals surface area contributed by atoms with Gasteiger partial charge in [-0.2, -0.15) is 4.98 Å². The molecule has 1 heterocycles. The average molecular weight is 395 g/mol. The number of unbranched alkanes of at least 4 members (excludes halogenated alkanes) is 5. The van der Waals surface area contributed by atoms with Crippen molar-refractivity contribution in [1.29, 1.82) is 0 Å². The summed E-state index contributed by atoms with van der Waals surface area (Å²) in [6.07, 6.45) is 7.61. The zero-order valence-electron chi connectivity index (χ0n) is 12.4. The van der Waals surface area contributed by atoms with Gasteiger partial charge in [0.05, 0.1) is 0 Å². The van der Waals surface area contributed by atoms with E-state index in [-0.39, 0.29) is 24.0 Å². The number of aromatic nitrogens is 2. The molecule has 0 aliphatic heterocycles. The molecule has 0 radical (unpaired) electrons. The third-order valence-corrected chi connectivity index (χ3v) is 2.79. The van der Waals surface area contributed by atoms with Crippen LogP contribution in [0.15, 0.2) is 9.52 Å². The molecule has 0 atom stereocenters. The third kappa shape index (κ3) is 9.11. The van der Waals surface area contributed by atoms with E-state index < -0.39 is 0 Å². The molecule has 1 rings (SSSR count). The SMILES string of the molecule is CCCCCCCCNC(N)=NCc1nc(C)no1.I. The molecule has 0 aromatic carbocycles. The Kier molecular flexibility index (Phi) is 11.4. The van der Waals surface area contributed by atoms with Crippen molar-refractivity contribution in [3.8, 4) is 0 Å². The highest BCUT2D eigenvalue weighted by Crippen LogP contribution is 2.04. The molecule has 6 nitrogen and oxygen atoms in total. The second kappa shape index (κ2) is 11.9. The van der Waals surface area contributed by atoms with Crippen LogP contribution in [0, 0.1) is 6.92 Å². The quantitative estimate of drug-likeness (QED) is 0.291. The highest BCUT2D eigenvalue weighted by atomic mass is 127. The third-order valence-electron chi connectivity index (χ3n) is 2.79. The zero-order chi connectivity index (χ0) is 13.9. The summed E-state index contributed by atoms with van der Waals surface area (Å²) in [5.41, 5.74) is 5.74. The van der Waals surface area contributed by atoms with Gasteiger partial charge in [-0.1, -0.05) is 44.2 Å². The molecule has 3 N–H and O–H groups in total. The standard InChI is InChI=1S/C13H25N5O.HI/c1-3-4-5-6-7-8-9-15-13(14)16-10-12-17-11(2)18-19-12;/h3-10H2,1-2H3,(H3,14,15,16);1H. The van der Waals surface area contributed by atoms with Crippen molar-refractivity contribution in [2.75, 3.05) is 6.54 Å². The van der Waals surface area contributed by atoms with Gasteiger partial charge in [-0.05, 0) is 13.3 Å². The van der Waals surface area contributed by atoms with Gasteiger partial charge in [-0.3, -0.25) is 0 Å². The number of rotatable bonds is 9. The summed E-state index contributed by atoms with van der Waals surface area (Å²) in [5, 5.41) is 6.78. The van der Waals surface area contributed by atoms with E-state index in [0.717, 1.165) is 13.0 Å².